The highest BCUT2D eigenvalue weighted by Crippen LogP contribution is 2.26. The summed E-state index contributed by atoms with van der Waals surface area (Å²) in [5, 5.41) is 6.68. The first kappa shape index (κ1) is 18.8. The quantitative estimate of drug-likeness (QED) is 0.598. The zero-order chi connectivity index (χ0) is 18.4. The number of hydrogen-bond acceptors (Lipinski definition) is 6. The van der Waals surface area contributed by atoms with Crippen LogP contribution >= 0.6 is 12.2 Å². The lowest BCUT2D eigenvalue weighted by molar-refractivity contribution is 0.122. The Kier molecular flexibility index (Phi) is 6.62. The first-order valence-electron chi connectivity index (χ1n) is 9.28. The number of rotatable bonds is 5. The zero-order valence-corrected chi connectivity index (χ0v) is 16.2. The van der Waals surface area contributed by atoms with Gasteiger partial charge in [-0.15, -0.1) is 6.58 Å². The average Bonchev–Trinajstić information content (AvgIpc) is 2.67. The molecule has 2 aliphatic rings. The Morgan fingerprint density at radius 1 is 1.31 bits per heavy atom. The first-order chi connectivity index (χ1) is 12.7. The predicted octanol–water partition coefficient (Wildman–Crippen LogP) is 2.02. The normalized spacial score (nSPS) is 20.6. The molecule has 2 aliphatic heterocycles. The highest BCUT2D eigenvalue weighted by molar-refractivity contribution is 7.80. The fourth-order valence-electron chi connectivity index (χ4n) is 3.30. The summed E-state index contributed by atoms with van der Waals surface area (Å²) in [5.41, 5.74) is 0. The van der Waals surface area contributed by atoms with Gasteiger partial charge in [0.2, 0.25) is 5.95 Å². The van der Waals surface area contributed by atoms with Crippen LogP contribution in [0.5, 0.6) is 0 Å². The topological polar surface area (TPSA) is 65.6 Å². The Morgan fingerprint density at radius 3 is 2.73 bits per heavy atom. The molecule has 0 aromatic carbocycles. The minimum absolute atomic E-state index is 0.502. The predicted molar refractivity (Wildman–Crippen MR) is 110 cm³/mol. The third-order valence-corrected chi connectivity index (χ3v) is 4.89. The van der Waals surface area contributed by atoms with Gasteiger partial charge in [0.05, 0.1) is 13.2 Å². The molecule has 1 aromatic rings. The van der Waals surface area contributed by atoms with Gasteiger partial charge in [-0.05, 0) is 31.0 Å². The molecule has 26 heavy (non-hydrogen) atoms. The molecule has 0 radical (unpaired) electrons. The van der Waals surface area contributed by atoms with Gasteiger partial charge in [0.1, 0.15) is 11.6 Å². The van der Waals surface area contributed by atoms with Crippen molar-refractivity contribution in [1.82, 2.24) is 15.3 Å². The summed E-state index contributed by atoms with van der Waals surface area (Å²) in [6.07, 6.45) is 4.23. The van der Waals surface area contributed by atoms with Crippen molar-refractivity contribution in [3.05, 3.63) is 18.7 Å². The highest BCUT2D eigenvalue weighted by atomic mass is 32.1. The molecular weight excluding hydrogens is 348 g/mol. The van der Waals surface area contributed by atoms with Gasteiger partial charge >= 0.3 is 0 Å². The number of anilines is 3. The molecule has 7 nitrogen and oxygen atoms in total. The Bertz CT molecular complexity index is 634. The van der Waals surface area contributed by atoms with Crippen molar-refractivity contribution in [1.29, 1.82) is 0 Å². The van der Waals surface area contributed by atoms with Crippen LogP contribution in [0.1, 0.15) is 19.8 Å². The second kappa shape index (κ2) is 9.14. The van der Waals surface area contributed by atoms with Crippen LogP contribution in [0, 0.1) is 5.92 Å². The Balaban J connectivity index is 1.83. The van der Waals surface area contributed by atoms with E-state index in [0.717, 1.165) is 51.0 Å². The fourth-order valence-corrected chi connectivity index (χ4v) is 3.48. The van der Waals surface area contributed by atoms with Crippen LogP contribution in [0.2, 0.25) is 0 Å². The van der Waals surface area contributed by atoms with Crippen LogP contribution in [0.25, 0.3) is 0 Å². The molecule has 2 fully saturated rings. The van der Waals surface area contributed by atoms with Gasteiger partial charge in [-0.3, -0.25) is 0 Å². The number of thiocarbonyl (C=S) groups is 1. The van der Waals surface area contributed by atoms with E-state index >= 15 is 0 Å². The van der Waals surface area contributed by atoms with E-state index < -0.39 is 0 Å². The van der Waals surface area contributed by atoms with Crippen molar-refractivity contribution in [2.24, 2.45) is 5.92 Å². The molecule has 0 aliphatic carbocycles. The molecule has 0 bridgehead atoms. The van der Waals surface area contributed by atoms with Gasteiger partial charge < -0.3 is 25.2 Å². The summed E-state index contributed by atoms with van der Waals surface area (Å²) in [6, 6.07) is 2.09. The number of morpholine rings is 1. The number of hydrogen-bond donors (Lipinski definition) is 2. The zero-order valence-electron chi connectivity index (χ0n) is 15.4. The fraction of sp³-hybridized carbons (Fsp3) is 0.611. The third-order valence-electron chi connectivity index (χ3n) is 4.65. The maximum absolute atomic E-state index is 5.47. The molecule has 2 saturated heterocycles. The van der Waals surface area contributed by atoms with Crippen LogP contribution in [0.3, 0.4) is 0 Å². The van der Waals surface area contributed by atoms with Gasteiger partial charge in [0.15, 0.2) is 5.11 Å². The van der Waals surface area contributed by atoms with Crippen LogP contribution in [-0.4, -0.2) is 61.0 Å². The highest BCUT2D eigenvalue weighted by Gasteiger charge is 2.21. The Hall–Kier alpha value is -1.93. The number of aromatic nitrogens is 2. The molecular formula is C18H28N6OS. The van der Waals surface area contributed by atoms with Crippen molar-refractivity contribution < 1.29 is 4.74 Å². The van der Waals surface area contributed by atoms with Gasteiger partial charge in [0.25, 0.3) is 0 Å². The van der Waals surface area contributed by atoms with E-state index in [-0.39, 0.29) is 0 Å². The van der Waals surface area contributed by atoms with E-state index in [1.807, 2.05) is 0 Å². The molecule has 0 spiro atoms. The van der Waals surface area contributed by atoms with E-state index in [1.54, 1.807) is 6.08 Å². The van der Waals surface area contributed by atoms with E-state index in [9.17, 15) is 0 Å². The lowest BCUT2D eigenvalue weighted by atomic mass is 10.0. The van der Waals surface area contributed by atoms with Crippen LogP contribution in [0.15, 0.2) is 18.7 Å². The van der Waals surface area contributed by atoms with E-state index in [4.69, 9.17) is 21.9 Å². The second-order valence-corrected chi connectivity index (χ2v) is 7.23. The van der Waals surface area contributed by atoms with Crippen molar-refractivity contribution in [2.75, 3.05) is 61.1 Å². The second-order valence-electron chi connectivity index (χ2n) is 6.82. The Morgan fingerprint density at radius 2 is 2.04 bits per heavy atom. The summed E-state index contributed by atoms with van der Waals surface area (Å²) in [6.45, 7) is 11.8. The SMILES string of the molecule is C=CCNC(=S)Nc1nc(N2CCOCC2)cc(N2CCCC(C)C2)n1. The standard InChI is InChI=1S/C18H28N6OS/c1-3-6-19-18(26)22-17-20-15(23-8-10-25-11-9-23)12-16(21-17)24-7-4-5-14(2)13-24/h3,12,14H,1,4-11,13H2,2H3,(H2,19,20,21,22,26). The molecule has 0 amide bonds. The number of nitrogens with one attached hydrogen (secondary N) is 2. The molecule has 142 valence electrons. The lowest BCUT2D eigenvalue weighted by Gasteiger charge is -2.33. The third kappa shape index (κ3) is 5.04. The Labute approximate surface area is 160 Å². The first-order valence-corrected chi connectivity index (χ1v) is 9.69. The molecule has 0 saturated carbocycles. The molecule has 8 heteroatoms. The van der Waals surface area contributed by atoms with Crippen LogP contribution < -0.4 is 20.4 Å². The summed E-state index contributed by atoms with van der Waals surface area (Å²) >= 11 is 5.32. The smallest absolute Gasteiger partial charge is 0.232 e. The average molecular weight is 377 g/mol. The minimum atomic E-state index is 0.502. The van der Waals surface area contributed by atoms with Crippen LogP contribution in [0.4, 0.5) is 17.6 Å². The van der Waals surface area contributed by atoms with Gasteiger partial charge in [-0.1, -0.05) is 13.0 Å². The van der Waals surface area contributed by atoms with E-state index in [0.29, 0.717) is 23.5 Å². The molecule has 3 heterocycles. The number of ether oxygens (including phenoxy) is 1. The summed E-state index contributed by atoms with van der Waals surface area (Å²) < 4.78 is 5.47. The minimum Gasteiger partial charge on any atom is -0.378 e. The summed E-state index contributed by atoms with van der Waals surface area (Å²) in [5.74, 6) is 3.09. The van der Waals surface area contributed by atoms with Crippen molar-refractivity contribution in [3.8, 4) is 0 Å². The molecule has 2 N–H and O–H groups in total. The maximum atomic E-state index is 5.47. The lowest BCUT2D eigenvalue weighted by Crippen LogP contribution is -2.38. The molecule has 1 atom stereocenters. The summed E-state index contributed by atoms with van der Waals surface area (Å²) in [4.78, 5) is 14.0. The van der Waals surface area contributed by atoms with Gasteiger partial charge in [0, 0.05) is 38.8 Å². The van der Waals surface area contributed by atoms with E-state index in [2.05, 4.69) is 45.0 Å². The van der Waals surface area contributed by atoms with Crippen LogP contribution in [-0.2, 0) is 4.74 Å². The number of nitrogens with zero attached hydrogens (tertiary/aromatic N) is 4. The van der Waals surface area contributed by atoms with E-state index in [1.165, 1.54) is 12.8 Å². The largest absolute Gasteiger partial charge is 0.378 e. The maximum Gasteiger partial charge on any atom is 0.232 e. The van der Waals surface area contributed by atoms with Crippen molar-refractivity contribution in [3.63, 3.8) is 0 Å². The van der Waals surface area contributed by atoms with Gasteiger partial charge in [-0.25, -0.2) is 0 Å². The van der Waals surface area contributed by atoms with Crippen molar-refractivity contribution >= 4 is 34.9 Å². The summed E-state index contributed by atoms with van der Waals surface area (Å²) in [7, 11) is 0. The molecule has 3 rings (SSSR count). The van der Waals surface area contributed by atoms with Crippen molar-refractivity contribution in [2.45, 2.75) is 19.8 Å². The molecule has 1 unspecified atom stereocenters. The number of piperidine rings is 1. The van der Waals surface area contributed by atoms with Gasteiger partial charge in [-0.2, -0.15) is 9.97 Å². The molecule has 1 aromatic heterocycles. The monoisotopic (exact) mass is 376 g/mol.